The van der Waals surface area contributed by atoms with Gasteiger partial charge in [0.05, 0.1) is 5.92 Å². The number of nitrogens with one attached hydrogen (secondary N) is 2. The molecule has 3 amide bonds. The first kappa shape index (κ1) is 23.5. The third-order valence-corrected chi connectivity index (χ3v) is 6.39. The molecule has 1 aliphatic heterocycles. The Balaban J connectivity index is 1.42. The van der Waals surface area contributed by atoms with E-state index in [1.165, 1.54) is 0 Å². The largest absolute Gasteiger partial charge is 0.326 e. The topological polar surface area (TPSA) is 78.5 Å². The highest BCUT2D eigenvalue weighted by Crippen LogP contribution is 2.29. The van der Waals surface area contributed by atoms with Gasteiger partial charge in [-0.25, -0.2) is 0 Å². The van der Waals surface area contributed by atoms with Crippen molar-refractivity contribution in [3.05, 3.63) is 87.9 Å². The number of benzene rings is 3. The van der Waals surface area contributed by atoms with E-state index >= 15 is 0 Å². The van der Waals surface area contributed by atoms with Crippen LogP contribution < -0.4 is 15.5 Å². The molecule has 7 heteroatoms. The summed E-state index contributed by atoms with van der Waals surface area (Å²) >= 11 is 6.20. The molecule has 0 unspecified atom stereocenters. The van der Waals surface area contributed by atoms with Crippen molar-refractivity contribution < 1.29 is 14.4 Å². The van der Waals surface area contributed by atoms with Crippen LogP contribution in [-0.2, 0) is 9.59 Å². The second kappa shape index (κ2) is 9.69. The molecule has 0 spiro atoms. The molecule has 3 aromatic carbocycles. The third kappa shape index (κ3) is 5.13. The van der Waals surface area contributed by atoms with Crippen LogP contribution in [0.4, 0.5) is 17.1 Å². The van der Waals surface area contributed by atoms with Crippen LogP contribution in [0, 0.1) is 26.7 Å². The van der Waals surface area contributed by atoms with E-state index in [-0.39, 0.29) is 30.7 Å². The summed E-state index contributed by atoms with van der Waals surface area (Å²) in [5.74, 6) is -1.15. The Hall–Kier alpha value is -3.64. The lowest BCUT2D eigenvalue weighted by atomic mass is 10.1. The first-order valence-electron chi connectivity index (χ1n) is 11.1. The fourth-order valence-electron chi connectivity index (χ4n) is 4.01. The van der Waals surface area contributed by atoms with Gasteiger partial charge in [-0.05, 0) is 68.3 Å². The summed E-state index contributed by atoms with van der Waals surface area (Å²) in [5, 5.41) is 6.34. The summed E-state index contributed by atoms with van der Waals surface area (Å²) in [6.45, 7) is 6.11. The number of amides is 3. The van der Waals surface area contributed by atoms with E-state index < -0.39 is 5.92 Å². The SMILES string of the molecule is Cc1ccc(NC(=O)c2cccc(NC(=O)[C@H]3CC(=O)N(c4ccc(C)c(Cl)c4)C3)c2)c(C)c1. The van der Waals surface area contributed by atoms with Gasteiger partial charge in [-0.2, -0.15) is 0 Å². The average Bonchev–Trinajstić information content (AvgIpc) is 3.19. The molecule has 1 heterocycles. The molecule has 3 aromatic rings. The van der Waals surface area contributed by atoms with Crippen LogP contribution in [0.1, 0.15) is 33.5 Å². The molecule has 2 N–H and O–H groups in total. The maximum Gasteiger partial charge on any atom is 0.255 e. The number of carbonyl (C=O) groups excluding carboxylic acids is 3. The van der Waals surface area contributed by atoms with Crippen molar-refractivity contribution in [1.29, 1.82) is 0 Å². The molecule has 0 aromatic heterocycles. The van der Waals surface area contributed by atoms with Crippen molar-refractivity contribution in [3.63, 3.8) is 0 Å². The maximum atomic E-state index is 12.9. The van der Waals surface area contributed by atoms with Gasteiger partial charge in [-0.3, -0.25) is 14.4 Å². The number of halogens is 1. The van der Waals surface area contributed by atoms with Crippen LogP contribution in [-0.4, -0.2) is 24.3 Å². The van der Waals surface area contributed by atoms with Crippen LogP contribution in [0.3, 0.4) is 0 Å². The summed E-state index contributed by atoms with van der Waals surface area (Å²) in [5.41, 5.74) is 5.37. The van der Waals surface area contributed by atoms with Gasteiger partial charge in [0.1, 0.15) is 0 Å². The summed E-state index contributed by atoms with van der Waals surface area (Å²) < 4.78 is 0. The van der Waals surface area contributed by atoms with Gasteiger partial charge < -0.3 is 15.5 Å². The zero-order chi connectivity index (χ0) is 24.4. The first-order chi connectivity index (χ1) is 16.2. The van der Waals surface area contributed by atoms with Crippen molar-refractivity contribution in [2.75, 3.05) is 22.1 Å². The second-order valence-corrected chi connectivity index (χ2v) is 9.09. The number of hydrogen-bond acceptors (Lipinski definition) is 3. The number of aryl methyl sites for hydroxylation is 3. The summed E-state index contributed by atoms with van der Waals surface area (Å²) in [4.78, 5) is 39.8. The van der Waals surface area contributed by atoms with Crippen LogP contribution in [0.5, 0.6) is 0 Å². The molecule has 1 saturated heterocycles. The molecule has 1 atom stereocenters. The fourth-order valence-corrected chi connectivity index (χ4v) is 4.19. The van der Waals surface area contributed by atoms with E-state index in [1.807, 2.05) is 51.1 Å². The number of carbonyl (C=O) groups is 3. The lowest BCUT2D eigenvalue weighted by Crippen LogP contribution is -2.28. The maximum absolute atomic E-state index is 12.9. The van der Waals surface area contributed by atoms with Crippen molar-refractivity contribution in [3.8, 4) is 0 Å². The molecule has 1 aliphatic rings. The van der Waals surface area contributed by atoms with Gasteiger partial charge in [0.15, 0.2) is 0 Å². The zero-order valence-electron chi connectivity index (χ0n) is 19.3. The third-order valence-electron chi connectivity index (χ3n) is 5.99. The predicted octanol–water partition coefficient (Wildman–Crippen LogP) is 5.51. The Labute approximate surface area is 203 Å². The van der Waals surface area contributed by atoms with E-state index in [2.05, 4.69) is 10.6 Å². The van der Waals surface area contributed by atoms with Gasteiger partial charge in [0, 0.05) is 40.6 Å². The van der Waals surface area contributed by atoms with Crippen molar-refractivity contribution >= 4 is 46.4 Å². The number of nitrogens with zero attached hydrogens (tertiary/aromatic N) is 1. The van der Waals surface area contributed by atoms with E-state index in [0.29, 0.717) is 22.0 Å². The number of anilines is 3. The molecule has 0 aliphatic carbocycles. The molecule has 0 bridgehead atoms. The Morgan fingerprint density at radius 3 is 2.47 bits per heavy atom. The second-order valence-electron chi connectivity index (χ2n) is 8.68. The number of hydrogen-bond donors (Lipinski definition) is 2. The Kier molecular flexibility index (Phi) is 6.70. The first-order valence-corrected chi connectivity index (χ1v) is 11.4. The Morgan fingerprint density at radius 2 is 1.74 bits per heavy atom. The van der Waals surface area contributed by atoms with E-state index in [1.54, 1.807) is 35.2 Å². The zero-order valence-corrected chi connectivity index (χ0v) is 20.1. The van der Waals surface area contributed by atoms with Crippen LogP contribution in [0.15, 0.2) is 60.7 Å². The normalized spacial score (nSPS) is 15.4. The molecular weight excluding hydrogens is 450 g/mol. The molecule has 0 saturated carbocycles. The van der Waals surface area contributed by atoms with Gasteiger partial charge in [0.25, 0.3) is 5.91 Å². The molecule has 174 valence electrons. The predicted molar refractivity (Wildman–Crippen MR) is 136 cm³/mol. The van der Waals surface area contributed by atoms with Crippen molar-refractivity contribution in [1.82, 2.24) is 0 Å². The standard InChI is InChI=1S/C27H26ClN3O3/c1-16-7-10-24(18(3)11-16)30-26(33)19-5-4-6-21(12-19)29-27(34)20-13-25(32)31(15-20)22-9-8-17(2)23(28)14-22/h4-12,14,20H,13,15H2,1-3H3,(H,29,34)(H,30,33)/t20-/m0/s1. The minimum atomic E-state index is -0.500. The lowest BCUT2D eigenvalue weighted by Gasteiger charge is -2.17. The van der Waals surface area contributed by atoms with Crippen LogP contribution in [0.25, 0.3) is 0 Å². The average molecular weight is 476 g/mol. The fraction of sp³-hybridized carbons (Fsp3) is 0.222. The highest BCUT2D eigenvalue weighted by molar-refractivity contribution is 6.31. The highest BCUT2D eigenvalue weighted by Gasteiger charge is 2.35. The summed E-state index contributed by atoms with van der Waals surface area (Å²) in [7, 11) is 0. The molecule has 6 nitrogen and oxygen atoms in total. The molecule has 1 fully saturated rings. The van der Waals surface area contributed by atoms with E-state index in [4.69, 9.17) is 11.6 Å². The van der Waals surface area contributed by atoms with Gasteiger partial charge >= 0.3 is 0 Å². The molecular formula is C27H26ClN3O3. The number of rotatable bonds is 5. The van der Waals surface area contributed by atoms with Crippen molar-refractivity contribution in [2.45, 2.75) is 27.2 Å². The monoisotopic (exact) mass is 475 g/mol. The van der Waals surface area contributed by atoms with E-state index in [9.17, 15) is 14.4 Å². The van der Waals surface area contributed by atoms with Crippen LogP contribution in [0.2, 0.25) is 5.02 Å². The quantitative estimate of drug-likeness (QED) is 0.510. The smallest absolute Gasteiger partial charge is 0.255 e. The Morgan fingerprint density at radius 1 is 0.941 bits per heavy atom. The lowest BCUT2D eigenvalue weighted by molar-refractivity contribution is -0.122. The van der Waals surface area contributed by atoms with Gasteiger partial charge in [0.2, 0.25) is 11.8 Å². The minimum Gasteiger partial charge on any atom is -0.326 e. The van der Waals surface area contributed by atoms with Crippen LogP contribution >= 0.6 is 11.6 Å². The summed E-state index contributed by atoms with van der Waals surface area (Å²) in [6, 6.07) is 18.0. The van der Waals surface area contributed by atoms with E-state index in [0.717, 1.165) is 22.4 Å². The van der Waals surface area contributed by atoms with Gasteiger partial charge in [-0.1, -0.05) is 41.4 Å². The van der Waals surface area contributed by atoms with Crippen molar-refractivity contribution in [2.24, 2.45) is 5.92 Å². The summed E-state index contributed by atoms with van der Waals surface area (Å²) in [6.07, 6.45) is 0.115. The molecule has 4 rings (SSSR count). The molecule has 34 heavy (non-hydrogen) atoms. The Bertz CT molecular complexity index is 1290. The minimum absolute atomic E-state index is 0.115. The molecule has 0 radical (unpaired) electrons. The highest BCUT2D eigenvalue weighted by atomic mass is 35.5. The van der Waals surface area contributed by atoms with Gasteiger partial charge in [-0.15, -0.1) is 0 Å².